The largest absolute Gasteiger partial charge is 0.326 e. The fourth-order valence-corrected chi connectivity index (χ4v) is 6.37. The molecule has 26 heavy (non-hydrogen) atoms. The van der Waals surface area contributed by atoms with Crippen LogP contribution in [0.15, 0.2) is 41.8 Å². The smallest absolute Gasteiger partial charge is 0.265 e. The van der Waals surface area contributed by atoms with Crippen molar-refractivity contribution in [2.24, 2.45) is 0 Å². The second-order valence-corrected chi connectivity index (χ2v) is 9.87. The fraction of sp³-hybridized carbons (Fsp3) is 0.368. The fourth-order valence-electron chi connectivity index (χ4n) is 2.72. The SMILES string of the molecule is O=C(CCCCC1CCSS1)Nc1cccc(NC(=O)c2cccs2)c1. The Balaban J connectivity index is 1.42. The Bertz CT molecular complexity index is 728. The van der Waals surface area contributed by atoms with Crippen LogP contribution in [-0.4, -0.2) is 22.8 Å². The minimum absolute atomic E-state index is 0.0279. The molecule has 2 N–H and O–H groups in total. The molecule has 1 aromatic heterocycles. The molecule has 1 atom stereocenters. The molecule has 1 aromatic carbocycles. The topological polar surface area (TPSA) is 58.2 Å². The number of hydrogen-bond acceptors (Lipinski definition) is 5. The molecule has 1 aliphatic heterocycles. The Morgan fingerprint density at radius 3 is 2.65 bits per heavy atom. The Morgan fingerprint density at radius 2 is 1.92 bits per heavy atom. The van der Waals surface area contributed by atoms with Gasteiger partial charge in [0.25, 0.3) is 5.91 Å². The summed E-state index contributed by atoms with van der Waals surface area (Å²) in [6.45, 7) is 0. The molecule has 7 heteroatoms. The summed E-state index contributed by atoms with van der Waals surface area (Å²) in [6.07, 6.45) is 5.06. The Morgan fingerprint density at radius 1 is 1.08 bits per heavy atom. The van der Waals surface area contributed by atoms with Crippen molar-refractivity contribution in [1.29, 1.82) is 0 Å². The number of carbonyl (C=O) groups is 2. The average molecular weight is 407 g/mol. The van der Waals surface area contributed by atoms with E-state index in [0.29, 0.717) is 22.7 Å². The summed E-state index contributed by atoms with van der Waals surface area (Å²) in [6, 6.07) is 10.9. The molecule has 0 radical (unpaired) electrons. The van der Waals surface area contributed by atoms with Crippen LogP contribution in [0, 0.1) is 0 Å². The van der Waals surface area contributed by atoms with E-state index in [0.717, 1.165) is 18.1 Å². The molecule has 2 aromatic rings. The van der Waals surface area contributed by atoms with Gasteiger partial charge in [0.05, 0.1) is 4.88 Å². The standard InChI is InChI=1S/C19H22N2O2S3/c22-18(9-2-1-7-16-10-12-25-26-16)20-14-5-3-6-15(13-14)21-19(23)17-8-4-11-24-17/h3-6,8,11,13,16H,1-2,7,9-10,12H2,(H,20,22)(H,21,23). The summed E-state index contributed by atoms with van der Waals surface area (Å²) in [5.41, 5.74) is 1.39. The van der Waals surface area contributed by atoms with Crippen molar-refractivity contribution in [2.75, 3.05) is 16.4 Å². The first-order valence-corrected chi connectivity index (χ1v) is 12.0. The second-order valence-electron chi connectivity index (χ2n) is 6.14. The first kappa shape index (κ1) is 19.3. The number of rotatable bonds is 8. The Labute approximate surface area is 165 Å². The van der Waals surface area contributed by atoms with Gasteiger partial charge in [0.15, 0.2) is 0 Å². The minimum atomic E-state index is -0.133. The molecule has 3 rings (SSSR count). The molecule has 0 saturated carbocycles. The van der Waals surface area contributed by atoms with Crippen LogP contribution in [0.2, 0.25) is 0 Å². The number of hydrogen-bond donors (Lipinski definition) is 2. The molecule has 0 bridgehead atoms. The highest BCUT2D eigenvalue weighted by Gasteiger charge is 2.16. The second kappa shape index (κ2) is 10.0. The third-order valence-corrected chi connectivity index (χ3v) is 7.93. The summed E-state index contributed by atoms with van der Waals surface area (Å²) < 4.78 is 0. The lowest BCUT2D eigenvalue weighted by atomic mass is 10.1. The molecule has 0 aliphatic carbocycles. The number of benzene rings is 1. The highest BCUT2D eigenvalue weighted by molar-refractivity contribution is 8.77. The van der Waals surface area contributed by atoms with Gasteiger partial charge in [-0.3, -0.25) is 9.59 Å². The summed E-state index contributed by atoms with van der Waals surface area (Å²) in [7, 11) is 3.95. The van der Waals surface area contributed by atoms with E-state index in [4.69, 9.17) is 0 Å². The van der Waals surface area contributed by atoms with Gasteiger partial charge in [0, 0.05) is 28.8 Å². The number of amides is 2. The highest BCUT2D eigenvalue weighted by Crippen LogP contribution is 2.39. The molecule has 2 heterocycles. The van der Waals surface area contributed by atoms with Crippen molar-refractivity contribution < 1.29 is 9.59 Å². The summed E-state index contributed by atoms with van der Waals surface area (Å²) in [4.78, 5) is 24.9. The van der Waals surface area contributed by atoms with Crippen molar-refractivity contribution in [3.63, 3.8) is 0 Å². The first-order chi connectivity index (χ1) is 12.7. The van der Waals surface area contributed by atoms with Crippen LogP contribution >= 0.6 is 32.9 Å². The van der Waals surface area contributed by atoms with Crippen molar-refractivity contribution in [1.82, 2.24) is 0 Å². The van der Waals surface area contributed by atoms with Crippen LogP contribution in [0.3, 0.4) is 0 Å². The lowest BCUT2D eigenvalue weighted by molar-refractivity contribution is -0.116. The Hall–Kier alpha value is -1.44. The van der Waals surface area contributed by atoms with Gasteiger partial charge in [-0.1, -0.05) is 40.1 Å². The van der Waals surface area contributed by atoms with E-state index in [-0.39, 0.29) is 11.8 Å². The third-order valence-electron chi connectivity index (χ3n) is 4.06. The van der Waals surface area contributed by atoms with Crippen LogP contribution in [0.1, 0.15) is 41.8 Å². The molecule has 4 nitrogen and oxygen atoms in total. The van der Waals surface area contributed by atoms with Crippen molar-refractivity contribution in [3.05, 3.63) is 46.7 Å². The third kappa shape index (κ3) is 6.07. The molecule has 1 fully saturated rings. The zero-order chi connectivity index (χ0) is 18.2. The maximum atomic E-state index is 12.1. The molecule has 1 unspecified atom stereocenters. The number of nitrogens with one attached hydrogen (secondary N) is 2. The molecular formula is C19H22N2O2S3. The summed E-state index contributed by atoms with van der Waals surface area (Å²) in [5.74, 6) is 1.15. The van der Waals surface area contributed by atoms with E-state index in [1.54, 1.807) is 12.1 Å². The molecule has 2 amide bonds. The quantitative estimate of drug-likeness (QED) is 0.439. The van der Waals surface area contributed by atoms with Gasteiger partial charge >= 0.3 is 0 Å². The van der Waals surface area contributed by atoms with Crippen LogP contribution in [0.4, 0.5) is 11.4 Å². The van der Waals surface area contributed by atoms with Crippen molar-refractivity contribution in [2.45, 2.75) is 37.4 Å². The lowest BCUT2D eigenvalue weighted by Gasteiger charge is -2.09. The van der Waals surface area contributed by atoms with Gasteiger partial charge in [-0.25, -0.2) is 0 Å². The van der Waals surface area contributed by atoms with Gasteiger partial charge in [-0.15, -0.1) is 11.3 Å². The highest BCUT2D eigenvalue weighted by atomic mass is 33.1. The van der Waals surface area contributed by atoms with E-state index in [1.807, 2.05) is 51.2 Å². The lowest BCUT2D eigenvalue weighted by Crippen LogP contribution is -2.13. The van der Waals surface area contributed by atoms with E-state index >= 15 is 0 Å². The van der Waals surface area contributed by atoms with E-state index < -0.39 is 0 Å². The van der Waals surface area contributed by atoms with E-state index in [9.17, 15) is 9.59 Å². The minimum Gasteiger partial charge on any atom is -0.326 e. The molecular weight excluding hydrogens is 384 g/mol. The molecule has 0 spiro atoms. The molecule has 1 aliphatic rings. The number of anilines is 2. The van der Waals surface area contributed by atoms with Crippen LogP contribution in [-0.2, 0) is 4.79 Å². The van der Waals surface area contributed by atoms with E-state index in [2.05, 4.69) is 10.6 Å². The number of unbranched alkanes of at least 4 members (excludes halogenated alkanes) is 1. The summed E-state index contributed by atoms with van der Waals surface area (Å²) in [5, 5.41) is 8.42. The van der Waals surface area contributed by atoms with Crippen molar-refractivity contribution >= 4 is 56.1 Å². The first-order valence-electron chi connectivity index (χ1n) is 8.74. The molecule has 138 valence electrons. The van der Waals surface area contributed by atoms with Crippen LogP contribution in [0.25, 0.3) is 0 Å². The zero-order valence-corrected chi connectivity index (χ0v) is 16.9. The van der Waals surface area contributed by atoms with Gasteiger partial charge in [0.1, 0.15) is 0 Å². The summed E-state index contributed by atoms with van der Waals surface area (Å²) >= 11 is 1.40. The predicted molar refractivity (Wildman–Crippen MR) is 114 cm³/mol. The van der Waals surface area contributed by atoms with E-state index in [1.165, 1.54) is 29.9 Å². The van der Waals surface area contributed by atoms with Gasteiger partial charge < -0.3 is 10.6 Å². The van der Waals surface area contributed by atoms with Gasteiger partial charge in [-0.05, 0) is 48.9 Å². The van der Waals surface area contributed by atoms with Crippen LogP contribution < -0.4 is 10.6 Å². The molecule has 1 saturated heterocycles. The van der Waals surface area contributed by atoms with Crippen LogP contribution in [0.5, 0.6) is 0 Å². The zero-order valence-electron chi connectivity index (χ0n) is 14.4. The van der Waals surface area contributed by atoms with Crippen molar-refractivity contribution in [3.8, 4) is 0 Å². The van der Waals surface area contributed by atoms with Gasteiger partial charge in [-0.2, -0.15) is 0 Å². The number of carbonyl (C=O) groups excluding carboxylic acids is 2. The monoisotopic (exact) mass is 406 g/mol. The normalized spacial score (nSPS) is 16.4. The van der Waals surface area contributed by atoms with Gasteiger partial charge in [0.2, 0.25) is 5.91 Å². The average Bonchev–Trinajstić information content (AvgIpc) is 3.33. The maximum Gasteiger partial charge on any atom is 0.265 e. The number of thiophene rings is 1. The predicted octanol–water partition coefficient (Wildman–Crippen LogP) is 5.65. The Kier molecular flexibility index (Phi) is 7.46. The maximum absolute atomic E-state index is 12.1.